The van der Waals surface area contributed by atoms with Gasteiger partial charge in [0.1, 0.15) is 0 Å². The molecular formula is C16H26N2O2. The molecule has 2 unspecified atom stereocenters. The summed E-state index contributed by atoms with van der Waals surface area (Å²) in [7, 11) is 5.56. The highest BCUT2D eigenvalue weighted by Gasteiger charge is 2.23. The fourth-order valence-corrected chi connectivity index (χ4v) is 2.85. The molecule has 1 aliphatic heterocycles. The third-order valence-corrected chi connectivity index (χ3v) is 4.35. The molecular weight excluding hydrogens is 252 g/mol. The first-order valence-electron chi connectivity index (χ1n) is 7.32. The maximum Gasteiger partial charge on any atom is 0.161 e. The first-order valence-corrected chi connectivity index (χ1v) is 7.32. The van der Waals surface area contributed by atoms with E-state index >= 15 is 0 Å². The van der Waals surface area contributed by atoms with E-state index in [1.165, 1.54) is 18.4 Å². The first-order chi connectivity index (χ1) is 9.67. The maximum atomic E-state index is 5.40. The summed E-state index contributed by atoms with van der Waals surface area (Å²) < 4.78 is 10.7. The Morgan fingerprint density at radius 3 is 2.60 bits per heavy atom. The number of nitrogens with one attached hydrogen (secondary N) is 1. The number of hydrogen-bond donors (Lipinski definition) is 1. The molecule has 2 rings (SSSR count). The molecule has 2 atom stereocenters. The van der Waals surface area contributed by atoms with Crippen molar-refractivity contribution in [3.63, 3.8) is 0 Å². The largest absolute Gasteiger partial charge is 0.493 e. The van der Waals surface area contributed by atoms with Crippen LogP contribution < -0.4 is 14.8 Å². The molecule has 0 saturated carbocycles. The van der Waals surface area contributed by atoms with Gasteiger partial charge in [0, 0.05) is 18.6 Å². The van der Waals surface area contributed by atoms with Crippen LogP contribution in [0.15, 0.2) is 18.2 Å². The van der Waals surface area contributed by atoms with E-state index in [1.807, 2.05) is 6.07 Å². The fourth-order valence-electron chi connectivity index (χ4n) is 2.85. The van der Waals surface area contributed by atoms with Gasteiger partial charge < -0.3 is 14.8 Å². The summed E-state index contributed by atoms with van der Waals surface area (Å²) in [6.45, 7) is 4.47. The molecule has 112 valence electrons. The minimum atomic E-state index is 0.361. The van der Waals surface area contributed by atoms with Crippen LogP contribution in [-0.2, 0) is 0 Å². The second-order valence-electron chi connectivity index (χ2n) is 5.46. The number of benzene rings is 1. The smallest absolute Gasteiger partial charge is 0.161 e. The number of hydrogen-bond acceptors (Lipinski definition) is 4. The van der Waals surface area contributed by atoms with Gasteiger partial charge in [-0.1, -0.05) is 6.07 Å². The van der Waals surface area contributed by atoms with Crippen LogP contribution in [0.2, 0.25) is 0 Å². The van der Waals surface area contributed by atoms with Crippen LogP contribution in [0.5, 0.6) is 11.5 Å². The Morgan fingerprint density at radius 1 is 1.25 bits per heavy atom. The lowest BCUT2D eigenvalue weighted by Gasteiger charge is -2.36. The number of piperidine rings is 1. The second-order valence-corrected chi connectivity index (χ2v) is 5.46. The Labute approximate surface area is 122 Å². The predicted octanol–water partition coefficient (Wildman–Crippen LogP) is 2.45. The van der Waals surface area contributed by atoms with Gasteiger partial charge in [0.05, 0.1) is 14.2 Å². The molecule has 1 saturated heterocycles. The highest BCUT2D eigenvalue weighted by molar-refractivity contribution is 5.43. The van der Waals surface area contributed by atoms with E-state index < -0.39 is 0 Å². The number of nitrogens with zero attached hydrogens (tertiary/aromatic N) is 1. The summed E-state index contributed by atoms with van der Waals surface area (Å²) in [5.74, 6) is 1.58. The van der Waals surface area contributed by atoms with Gasteiger partial charge in [0.25, 0.3) is 0 Å². The first kappa shape index (κ1) is 15.1. The third-order valence-electron chi connectivity index (χ3n) is 4.35. The van der Waals surface area contributed by atoms with Crippen molar-refractivity contribution in [3.8, 4) is 11.5 Å². The van der Waals surface area contributed by atoms with Crippen LogP contribution in [0.25, 0.3) is 0 Å². The zero-order valence-corrected chi connectivity index (χ0v) is 13.0. The Hall–Kier alpha value is -1.26. The lowest BCUT2D eigenvalue weighted by Crippen LogP contribution is -2.45. The van der Waals surface area contributed by atoms with Crippen LogP contribution in [0.3, 0.4) is 0 Å². The van der Waals surface area contributed by atoms with E-state index in [9.17, 15) is 0 Å². The molecule has 1 heterocycles. The van der Waals surface area contributed by atoms with Gasteiger partial charge in [0.15, 0.2) is 11.5 Å². The zero-order valence-electron chi connectivity index (χ0n) is 13.0. The number of rotatable bonds is 5. The Morgan fingerprint density at radius 2 is 2.00 bits per heavy atom. The molecule has 4 heteroatoms. The van der Waals surface area contributed by atoms with Crippen LogP contribution in [0.4, 0.5) is 0 Å². The van der Waals surface area contributed by atoms with Crippen LogP contribution >= 0.6 is 0 Å². The van der Waals surface area contributed by atoms with Gasteiger partial charge >= 0.3 is 0 Å². The molecule has 0 bridgehead atoms. The Kier molecular flexibility index (Phi) is 5.26. The van der Waals surface area contributed by atoms with Gasteiger partial charge in [-0.3, -0.25) is 4.90 Å². The van der Waals surface area contributed by atoms with Gasteiger partial charge in [-0.15, -0.1) is 0 Å². The monoisotopic (exact) mass is 278 g/mol. The van der Waals surface area contributed by atoms with Crippen LogP contribution in [0.1, 0.15) is 31.4 Å². The van der Waals surface area contributed by atoms with Crippen molar-refractivity contribution in [2.75, 3.05) is 34.4 Å². The fraction of sp³-hybridized carbons (Fsp3) is 0.625. The maximum absolute atomic E-state index is 5.40. The van der Waals surface area contributed by atoms with E-state index in [2.05, 4.69) is 36.3 Å². The number of likely N-dealkylation sites (N-methyl/N-ethyl adjacent to an activating group) is 1. The minimum Gasteiger partial charge on any atom is -0.493 e. The molecule has 0 spiro atoms. The summed E-state index contributed by atoms with van der Waals surface area (Å²) in [5, 5.41) is 3.48. The van der Waals surface area contributed by atoms with Crippen molar-refractivity contribution in [1.29, 1.82) is 0 Å². The summed E-state index contributed by atoms with van der Waals surface area (Å²) >= 11 is 0. The van der Waals surface area contributed by atoms with Crippen molar-refractivity contribution in [2.24, 2.45) is 0 Å². The molecule has 0 aromatic heterocycles. The average Bonchev–Trinajstić information content (AvgIpc) is 2.53. The standard InChI is InChI=1S/C16H26N2O2/c1-12(18(2)14-6-5-9-17-11-14)13-7-8-15(19-3)16(10-13)20-4/h7-8,10,12,14,17H,5-6,9,11H2,1-4H3. The normalized spacial score (nSPS) is 20.8. The SMILES string of the molecule is COc1ccc(C(C)N(C)C2CCCNC2)cc1OC. The summed E-state index contributed by atoms with van der Waals surface area (Å²) in [6, 6.07) is 7.15. The second kappa shape index (κ2) is 6.95. The molecule has 1 aromatic carbocycles. The number of ether oxygens (including phenoxy) is 2. The van der Waals surface area contributed by atoms with Gasteiger partial charge in [-0.25, -0.2) is 0 Å². The van der Waals surface area contributed by atoms with E-state index in [0.29, 0.717) is 12.1 Å². The molecule has 0 amide bonds. The molecule has 1 N–H and O–H groups in total. The average molecular weight is 278 g/mol. The van der Waals surface area contributed by atoms with E-state index in [0.717, 1.165) is 24.6 Å². The van der Waals surface area contributed by atoms with Crippen LogP contribution in [-0.4, -0.2) is 45.3 Å². The third kappa shape index (κ3) is 3.25. The van der Waals surface area contributed by atoms with Crippen molar-refractivity contribution < 1.29 is 9.47 Å². The highest BCUT2D eigenvalue weighted by Crippen LogP contribution is 2.32. The van der Waals surface area contributed by atoms with Gasteiger partial charge in [0.2, 0.25) is 0 Å². The molecule has 0 aliphatic carbocycles. The predicted molar refractivity (Wildman–Crippen MR) is 81.6 cm³/mol. The van der Waals surface area contributed by atoms with Crippen LogP contribution in [0, 0.1) is 0 Å². The van der Waals surface area contributed by atoms with E-state index in [1.54, 1.807) is 14.2 Å². The molecule has 20 heavy (non-hydrogen) atoms. The molecule has 1 aliphatic rings. The highest BCUT2D eigenvalue weighted by atomic mass is 16.5. The molecule has 1 aromatic rings. The Bertz CT molecular complexity index is 430. The quantitative estimate of drug-likeness (QED) is 0.897. The molecule has 4 nitrogen and oxygen atoms in total. The molecule has 1 fully saturated rings. The summed E-state index contributed by atoms with van der Waals surface area (Å²) in [5.41, 5.74) is 1.26. The van der Waals surface area contributed by atoms with Crippen molar-refractivity contribution >= 4 is 0 Å². The number of methoxy groups -OCH3 is 2. The van der Waals surface area contributed by atoms with Crippen molar-refractivity contribution in [2.45, 2.75) is 31.8 Å². The lowest BCUT2D eigenvalue weighted by atomic mass is 10.0. The van der Waals surface area contributed by atoms with Crippen molar-refractivity contribution in [3.05, 3.63) is 23.8 Å². The zero-order chi connectivity index (χ0) is 14.5. The lowest BCUT2D eigenvalue weighted by molar-refractivity contribution is 0.156. The van der Waals surface area contributed by atoms with Crippen molar-refractivity contribution in [1.82, 2.24) is 10.2 Å². The summed E-state index contributed by atoms with van der Waals surface area (Å²) in [4.78, 5) is 2.45. The Balaban J connectivity index is 2.13. The van der Waals surface area contributed by atoms with Gasteiger partial charge in [-0.2, -0.15) is 0 Å². The van der Waals surface area contributed by atoms with E-state index in [-0.39, 0.29) is 0 Å². The minimum absolute atomic E-state index is 0.361. The van der Waals surface area contributed by atoms with E-state index in [4.69, 9.17) is 9.47 Å². The van der Waals surface area contributed by atoms with Gasteiger partial charge in [-0.05, 0) is 51.1 Å². The molecule has 0 radical (unpaired) electrons. The topological polar surface area (TPSA) is 33.7 Å². The summed E-state index contributed by atoms with van der Waals surface area (Å²) in [6.07, 6.45) is 2.52.